The van der Waals surface area contributed by atoms with Crippen molar-refractivity contribution in [1.29, 1.82) is 0 Å². The zero-order valence-corrected chi connectivity index (χ0v) is 13.4. The van der Waals surface area contributed by atoms with Crippen LogP contribution in [0.1, 0.15) is 27.7 Å². The maximum Gasteiger partial charge on any atom is 0.303 e. The van der Waals surface area contributed by atoms with Gasteiger partial charge in [0, 0.05) is 27.7 Å². The summed E-state index contributed by atoms with van der Waals surface area (Å²) in [6, 6.07) is 0. The highest BCUT2D eigenvalue weighted by molar-refractivity contribution is 5.68. The Morgan fingerprint density at radius 2 is 1.57 bits per heavy atom. The second-order valence-electron chi connectivity index (χ2n) is 4.97. The molecule has 0 radical (unpaired) electrons. The molecule has 1 rings (SSSR count). The fraction of sp³-hybridized carbons (Fsp3) is 0.714. The average Bonchev–Trinajstić information content (AvgIpc) is 2.75. The van der Waals surface area contributed by atoms with Crippen molar-refractivity contribution in [1.82, 2.24) is 0 Å². The molecule has 0 aromatic carbocycles. The van der Waals surface area contributed by atoms with Crippen molar-refractivity contribution in [2.24, 2.45) is 0 Å². The summed E-state index contributed by atoms with van der Waals surface area (Å²) in [6.07, 6.45) is -3.74. The van der Waals surface area contributed by atoms with Gasteiger partial charge in [-0.05, 0) is 0 Å². The van der Waals surface area contributed by atoms with Crippen molar-refractivity contribution in [3.05, 3.63) is 0 Å². The zero-order chi connectivity index (χ0) is 17.6. The standard InChI is InChI=1S/C14H20O9/c1-7(15)19-5-11(21-8(2)16)13-14(23-10(4)18)12(6-20-13)22-9(3)17/h11-14H,5-6H2,1-4H3/t11-,12+,13?,14-/m1/s1. The van der Waals surface area contributed by atoms with Crippen LogP contribution in [-0.4, -0.2) is 61.5 Å². The molecule has 0 aromatic heterocycles. The van der Waals surface area contributed by atoms with Crippen LogP contribution in [0.4, 0.5) is 0 Å². The van der Waals surface area contributed by atoms with E-state index < -0.39 is 48.3 Å². The van der Waals surface area contributed by atoms with Crippen LogP contribution in [0.5, 0.6) is 0 Å². The molecule has 1 heterocycles. The molecule has 1 aliphatic rings. The van der Waals surface area contributed by atoms with Crippen LogP contribution in [0.25, 0.3) is 0 Å². The third kappa shape index (κ3) is 6.23. The first kappa shape index (κ1) is 18.9. The smallest absolute Gasteiger partial charge is 0.303 e. The van der Waals surface area contributed by atoms with E-state index in [0.717, 1.165) is 0 Å². The van der Waals surface area contributed by atoms with E-state index in [1.54, 1.807) is 0 Å². The van der Waals surface area contributed by atoms with E-state index in [2.05, 4.69) is 0 Å². The molecule has 0 aromatic rings. The van der Waals surface area contributed by atoms with Gasteiger partial charge >= 0.3 is 23.9 Å². The summed E-state index contributed by atoms with van der Waals surface area (Å²) in [5, 5.41) is 0. The lowest BCUT2D eigenvalue weighted by atomic mass is 10.1. The summed E-state index contributed by atoms with van der Waals surface area (Å²) in [7, 11) is 0. The van der Waals surface area contributed by atoms with Crippen molar-refractivity contribution >= 4 is 23.9 Å². The third-order valence-corrected chi connectivity index (χ3v) is 2.90. The highest BCUT2D eigenvalue weighted by atomic mass is 16.7. The molecule has 0 spiro atoms. The molecule has 1 saturated heterocycles. The van der Waals surface area contributed by atoms with Crippen molar-refractivity contribution in [2.45, 2.75) is 52.1 Å². The largest absolute Gasteiger partial charge is 0.462 e. The van der Waals surface area contributed by atoms with Crippen LogP contribution in [0.3, 0.4) is 0 Å². The van der Waals surface area contributed by atoms with E-state index in [9.17, 15) is 19.2 Å². The Bertz CT molecular complexity index is 473. The molecule has 0 bridgehead atoms. The summed E-state index contributed by atoms with van der Waals surface area (Å²) in [6.45, 7) is 4.46. The monoisotopic (exact) mass is 332 g/mol. The first-order valence-corrected chi connectivity index (χ1v) is 6.97. The topological polar surface area (TPSA) is 114 Å². The van der Waals surface area contributed by atoms with Crippen molar-refractivity contribution in [3.63, 3.8) is 0 Å². The molecule has 1 fully saturated rings. The van der Waals surface area contributed by atoms with Crippen LogP contribution < -0.4 is 0 Å². The zero-order valence-electron chi connectivity index (χ0n) is 13.4. The molecule has 130 valence electrons. The minimum atomic E-state index is -0.999. The fourth-order valence-corrected chi connectivity index (χ4v) is 2.18. The van der Waals surface area contributed by atoms with Gasteiger partial charge in [0.15, 0.2) is 18.3 Å². The van der Waals surface area contributed by atoms with E-state index in [1.807, 2.05) is 0 Å². The highest BCUT2D eigenvalue weighted by Crippen LogP contribution is 2.25. The second-order valence-corrected chi connectivity index (χ2v) is 4.97. The van der Waals surface area contributed by atoms with E-state index in [-0.39, 0.29) is 13.2 Å². The normalized spacial score (nSPS) is 24.4. The number of hydrogen-bond donors (Lipinski definition) is 0. The predicted octanol–water partition coefficient (Wildman–Crippen LogP) is -0.257. The highest BCUT2D eigenvalue weighted by Gasteiger charge is 2.47. The predicted molar refractivity (Wildman–Crippen MR) is 73.0 cm³/mol. The summed E-state index contributed by atoms with van der Waals surface area (Å²) < 4.78 is 25.6. The van der Waals surface area contributed by atoms with E-state index in [4.69, 9.17) is 23.7 Å². The first-order chi connectivity index (χ1) is 10.7. The van der Waals surface area contributed by atoms with Crippen molar-refractivity contribution < 1.29 is 42.9 Å². The SMILES string of the molecule is CC(=O)OC[C@@H](OC(C)=O)C1OC[C@H](OC(C)=O)[C@H]1OC(C)=O. The lowest BCUT2D eigenvalue weighted by Gasteiger charge is -2.27. The molecule has 9 nitrogen and oxygen atoms in total. The van der Waals surface area contributed by atoms with Gasteiger partial charge < -0.3 is 23.7 Å². The van der Waals surface area contributed by atoms with Gasteiger partial charge in [-0.15, -0.1) is 0 Å². The van der Waals surface area contributed by atoms with Gasteiger partial charge in [0.1, 0.15) is 12.7 Å². The maximum absolute atomic E-state index is 11.3. The molecule has 1 aliphatic heterocycles. The molecule has 0 N–H and O–H groups in total. The van der Waals surface area contributed by atoms with Gasteiger partial charge in [0.2, 0.25) is 0 Å². The molecule has 23 heavy (non-hydrogen) atoms. The van der Waals surface area contributed by atoms with Gasteiger partial charge in [-0.25, -0.2) is 0 Å². The van der Waals surface area contributed by atoms with Crippen LogP contribution >= 0.6 is 0 Å². The Morgan fingerprint density at radius 3 is 2.04 bits per heavy atom. The molecule has 0 amide bonds. The van der Waals surface area contributed by atoms with Gasteiger partial charge in [0.05, 0.1) is 6.61 Å². The minimum Gasteiger partial charge on any atom is -0.462 e. The van der Waals surface area contributed by atoms with Gasteiger partial charge in [-0.2, -0.15) is 0 Å². The van der Waals surface area contributed by atoms with E-state index in [0.29, 0.717) is 0 Å². The molecule has 0 saturated carbocycles. The Balaban J connectivity index is 2.91. The van der Waals surface area contributed by atoms with E-state index in [1.165, 1.54) is 27.7 Å². The van der Waals surface area contributed by atoms with Crippen LogP contribution in [-0.2, 0) is 42.9 Å². The lowest BCUT2D eigenvalue weighted by Crippen LogP contribution is -2.46. The number of hydrogen-bond acceptors (Lipinski definition) is 9. The Kier molecular flexibility index (Phi) is 6.95. The molecule has 9 heteroatoms. The molecule has 4 atom stereocenters. The molecule has 0 aliphatic carbocycles. The Morgan fingerprint density at radius 1 is 0.957 bits per heavy atom. The Labute approximate surface area is 133 Å². The number of carbonyl (C=O) groups excluding carboxylic acids is 4. The van der Waals surface area contributed by atoms with Gasteiger partial charge in [-0.1, -0.05) is 0 Å². The summed E-state index contributed by atoms with van der Waals surface area (Å²) >= 11 is 0. The molecular weight excluding hydrogens is 312 g/mol. The van der Waals surface area contributed by atoms with E-state index >= 15 is 0 Å². The van der Waals surface area contributed by atoms with Crippen LogP contribution in [0, 0.1) is 0 Å². The number of ether oxygens (including phenoxy) is 5. The van der Waals surface area contributed by atoms with Crippen molar-refractivity contribution in [2.75, 3.05) is 13.2 Å². The fourth-order valence-electron chi connectivity index (χ4n) is 2.18. The minimum absolute atomic E-state index is 0.0416. The maximum atomic E-state index is 11.3. The van der Waals surface area contributed by atoms with Crippen molar-refractivity contribution in [3.8, 4) is 0 Å². The lowest BCUT2D eigenvalue weighted by molar-refractivity contribution is -0.176. The number of carbonyl (C=O) groups is 4. The molecule has 1 unspecified atom stereocenters. The second kappa shape index (κ2) is 8.47. The van der Waals surface area contributed by atoms with Crippen LogP contribution in [0.2, 0.25) is 0 Å². The number of esters is 4. The summed E-state index contributed by atoms with van der Waals surface area (Å²) in [5.74, 6) is -2.37. The first-order valence-electron chi connectivity index (χ1n) is 6.97. The average molecular weight is 332 g/mol. The van der Waals surface area contributed by atoms with Gasteiger partial charge in [0.25, 0.3) is 0 Å². The quantitative estimate of drug-likeness (QED) is 0.479. The summed E-state index contributed by atoms with van der Waals surface area (Å²) in [4.78, 5) is 44.6. The summed E-state index contributed by atoms with van der Waals surface area (Å²) in [5.41, 5.74) is 0. The number of rotatable bonds is 6. The molecular formula is C14H20O9. The van der Waals surface area contributed by atoms with Crippen LogP contribution in [0.15, 0.2) is 0 Å². The van der Waals surface area contributed by atoms with Gasteiger partial charge in [-0.3, -0.25) is 19.2 Å². The Hall–Kier alpha value is -2.16. The third-order valence-electron chi connectivity index (χ3n) is 2.90.